The number of carboxylic acids is 1. The molecule has 7 heteroatoms. The van der Waals surface area contributed by atoms with Crippen LogP contribution in [-0.4, -0.2) is 45.9 Å². The average molecular weight is 290 g/mol. The molecule has 0 aliphatic carbocycles. The molecule has 1 amide bonds. The van der Waals surface area contributed by atoms with E-state index in [1.165, 1.54) is 0 Å². The van der Waals surface area contributed by atoms with Crippen molar-refractivity contribution in [1.29, 1.82) is 5.26 Å². The minimum Gasteiger partial charge on any atom is -0.480 e. The largest absolute Gasteiger partial charge is 0.480 e. The van der Waals surface area contributed by atoms with Crippen molar-refractivity contribution in [3.05, 3.63) is 35.4 Å². The third kappa shape index (κ3) is 3.49. The van der Waals surface area contributed by atoms with Gasteiger partial charge in [0, 0.05) is 6.42 Å². The van der Waals surface area contributed by atoms with Gasteiger partial charge in [0.15, 0.2) is 0 Å². The van der Waals surface area contributed by atoms with Gasteiger partial charge in [-0.25, -0.2) is 9.59 Å². The molecule has 110 valence electrons. The lowest BCUT2D eigenvalue weighted by Crippen LogP contribution is -2.39. The first-order valence-corrected chi connectivity index (χ1v) is 6.34. The Kier molecular flexibility index (Phi) is 4.40. The zero-order valence-corrected chi connectivity index (χ0v) is 11.1. The molecule has 1 heterocycles. The summed E-state index contributed by atoms with van der Waals surface area (Å²) in [5, 5.41) is 26.7. The van der Waals surface area contributed by atoms with Crippen LogP contribution >= 0.6 is 0 Å². The highest BCUT2D eigenvalue weighted by Crippen LogP contribution is 2.22. The van der Waals surface area contributed by atoms with Crippen LogP contribution in [0.2, 0.25) is 0 Å². The van der Waals surface area contributed by atoms with Crippen molar-refractivity contribution in [3.8, 4) is 6.07 Å². The summed E-state index contributed by atoms with van der Waals surface area (Å²) >= 11 is 0. The molecule has 1 aromatic carbocycles. The van der Waals surface area contributed by atoms with E-state index in [9.17, 15) is 9.59 Å². The number of carboxylic acid groups (broad SMARTS) is 2. The van der Waals surface area contributed by atoms with Crippen LogP contribution in [0.3, 0.4) is 0 Å². The van der Waals surface area contributed by atoms with Crippen LogP contribution < -0.4 is 0 Å². The third-order valence-electron chi connectivity index (χ3n) is 3.36. The molecule has 7 nitrogen and oxygen atoms in total. The highest BCUT2D eigenvalue weighted by molar-refractivity contribution is 5.80. The summed E-state index contributed by atoms with van der Waals surface area (Å²) in [5.74, 6) is -1.16. The molecular weight excluding hydrogens is 276 g/mol. The van der Waals surface area contributed by atoms with E-state index in [0.29, 0.717) is 5.56 Å². The van der Waals surface area contributed by atoms with Crippen LogP contribution in [0.4, 0.5) is 4.79 Å². The van der Waals surface area contributed by atoms with Gasteiger partial charge in [-0.15, -0.1) is 0 Å². The van der Waals surface area contributed by atoms with Crippen LogP contribution in [0, 0.1) is 11.3 Å². The van der Waals surface area contributed by atoms with Gasteiger partial charge in [0.25, 0.3) is 0 Å². The highest BCUT2D eigenvalue weighted by Gasteiger charge is 2.40. The summed E-state index contributed by atoms with van der Waals surface area (Å²) in [7, 11) is 0. The van der Waals surface area contributed by atoms with E-state index in [1.807, 2.05) is 6.07 Å². The Bertz CT molecular complexity index is 556. The normalized spacial score (nSPS) is 21.0. The van der Waals surface area contributed by atoms with Gasteiger partial charge in [-0.1, -0.05) is 12.1 Å². The van der Waals surface area contributed by atoms with E-state index in [2.05, 4.69) is 0 Å². The fraction of sp³-hybridized carbons (Fsp3) is 0.357. The first-order valence-electron chi connectivity index (χ1n) is 6.34. The molecule has 1 fully saturated rings. The van der Waals surface area contributed by atoms with Gasteiger partial charge in [-0.05, 0) is 17.7 Å². The molecule has 1 aliphatic heterocycles. The number of benzene rings is 1. The SMILES string of the molecule is N#Cc1ccc(CO[C@H]2C[C@@H](C(=O)O)N(C(=O)O)C2)cc1. The zero-order chi connectivity index (χ0) is 15.4. The zero-order valence-electron chi connectivity index (χ0n) is 11.1. The van der Waals surface area contributed by atoms with E-state index in [1.54, 1.807) is 24.3 Å². The Balaban J connectivity index is 1.93. The number of nitrogens with zero attached hydrogens (tertiary/aromatic N) is 2. The van der Waals surface area contributed by atoms with Gasteiger partial charge >= 0.3 is 12.1 Å². The standard InChI is InChI=1S/C14H14N2O5/c15-6-9-1-3-10(4-2-9)8-21-11-5-12(13(17)18)16(7-11)14(19)20/h1-4,11-12H,5,7-8H2,(H,17,18)(H,19,20)/t11-,12-/m0/s1. The molecule has 1 aromatic rings. The Labute approximate surface area is 121 Å². The first kappa shape index (κ1) is 14.8. The number of likely N-dealkylation sites (tertiary alicyclic amines) is 1. The molecule has 2 N–H and O–H groups in total. The summed E-state index contributed by atoms with van der Waals surface area (Å²) in [6, 6.07) is 7.77. The molecule has 1 saturated heterocycles. The summed E-state index contributed by atoms with van der Waals surface area (Å²) in [6.07, 6.45) is -1.57. The maximum Gasteiger partial charge on any atom is 0.408 e. The van der Waals surface area contributed by atoms with Crippen LogP contribution in [0.1, 0.15) is 17.5 Å². The van der Waals surface area contributed by atoms with E-state index >= 15 is 0 Å². The van der Waals surface area contributed by atoms with Gasteiger partial charge in [-0.2, -0.15) is 5.26 Å². The second-order valence-corrected chi connectivity index (χ2v) is 4.77. The Morgan fingerprint density at radius 2 is 2.00 bits per heavy atom. The number of rotatable bonds is 4. The Morgan fingerprint density at radius 1 is 1.33 bits per heavy atom. The van der Waals surface area contributed by atoms with Crippen molar-refractivity contribution >= 4 is 12.1 Å². The van der Waals surface area contributed by atoms with Crippen molar-refractivity contribution in [2.75, 3.05) is 6.54 Å². The van der Waals surface area contributed by atoms with E-state index in [0.717, 1.165) is 10.5 Å². The fourth-order valence-corrected chi connectivity index (χ4v) is 2.25. The lowest BCUT2D eigenvalue weighted by atomic mass is 10.1. The summed E-state index contributed by atoms with van der Waals surface area (Å²) in [6.45, 7) is 0.290. The molecule has 2 rings (SSSR count). The van der Waals surface area contributed by atoms with E-state index in [-0.39, 0.29) is 19.6 Å². The van der Waals surface area contributed by atoms with E-state index < -0.39 is 24.2 Å². The maximum atomic E-state index is 11.0. The minimum absolute atomic E-state index is 0.0442. The van der Waals surface area contributed by atoms with Crippen molar-refractivity contribution in [2.24, 2.45) is 0 Å². The van der Waals surface area contributed by atoms with Gasteiger partial charge in [0.05, 0.1) is 30.9 Å². The fourth-order valence-electron chi connectivity index (χ4n) is 2.25. The lowest BCUT2D eigenvalue weighted by molar-refractivity contribution is -0.141. The van der Waals surface area contributed by atoms with Crippen LogP contribution in [0.15, 0.2) is 24.3 Å². The van der Waals surface area contributed by atoms with Crippen molar-refractivity contribution in [1.82, 2.24) is 4.90 Å². The van der Waals surface area contributed by atoms with Crippen molar-refractivity contribution in [2.45, 2.75) is 25.2 Å². The molecule has 0 radical (unpaired) electrons. The number of ether oxygens (including phenoxy) is 1. The van der Waals surface area contributed by atoms with E-state index in [4.69, 9.17) is 20.2 Å². The summed E-state index contributed by atoms with van der Waals surface area (Å²) in [4.78, 5) is 22.9. The highest BCUT2D eigenvalue weighted by atomic mass is 16.5. The minimum atomic E-state index is -1.26. The molecule has 0 spiro atoms. The molecule has 0 aromatic heterocycles. The molecule has 21 heavy (non-hydrogen) atoms. The molecule has 0 saturated carbocycles. The number of aliphatic carboxylic acids is 1. The number of amides is 1. The smallest absolute Gasteiger partial charge is 0.408 e. The molecule has 1 aliphatic rings. The number of hydrogen-bond donors (Lipinski definition) is 2. The van der Waals surface area contributed by atoms with Gasteiger partial charge < -0.3 is 14.9 Å². The van der Waals surface area contributed by atoms with Crippen LogP contribution in [-0.2, 0) is 16.1 Å². The summed E-state index contributed by atoms with van der Waals surface area (Å²) in [5.41, 5.74) is 1.39. The van der Waals surface area contributed by atoms with Crippen LogP contribution in [0.5, 0.6) is 0 Å². The number of nitriles is 1. The lowest BCUT2D eigenvalue weighted by Gasteiger charge is -2.16. The topological polar surface area (TPSA) is 111 Å². The monoisotopic (exact) mass is 290 g/mol. The second-order valence-electron chi connectivity index (χ2n) is 4.77. The number of carbonyl (C=O) groups is 2. The third-order valence-corrected chi connectivity index (χ3v) is 3.36. The molecule has 0 bridgehead atoms. The second kappa shape index (κ2) is 6.24. The summed E-state index contributed by atoms with van der Waals surface area (Å²) < 4.78 is 5.57. The molecule has 0 unspecified atom stereocenters. The predicted octanol–water partition coefficient (Wildman–Crippen LogP) is 1.28. The quantitative estimate of drug-likeness (QED) is 0.864. The van der Waals surface area contributed by atoms with Gasteiger partial charge in [0.2, 0.25) is 0 Å². The van der Waals surface area contributed by atoms with Gasteiger partial charge in [-0.3, -0.25) is 4.90 Å². The first-order chi connectivity index (χ1) is 10.0. The van der Waals surface area contributed by atoms with Crippen molar-refractivity contribution < 1.29 is 24.5 Å². The number of hydrogen-bond acceptors (Lipinski definition) is 4. The Morgan fingerprint density at radius 3 is 2.48 bits per heavy atom. The van der Waals surface area contributed by atoms with Gasteiger partial charge in [0.1, 0.15) is 6.04 Å². The average Bonchev–Trinajstić information content (AvgIpc) is 2.90. The van der Waals surface area contributed by atoms with Crippen LogP contribution in [0.25, 0.3) is 0 Å². The molecular formula is C14H14N2O5. The van der Waals surface area contributed by atoms with Crippen molar-refractivity contribution in [3.63, 3.8) is 0 Å². The molecule has 2 atom stereocenters. The predicted molar refractivity (Wildman–Crippen MR) is 70.5 cm³/mol. The Hall–Kier alpha value is -2.59. The maximum absolute atomic E-state index is 11.0.